The van der Waals surface area contributed by atoms with Gasteiger partial charge in [0.25, 0.3) is 0 Å². The lowest BCUT2D eigenvalue weighted by atomic mass is 10.1. The summed E-state index contributed by atoms with van der Waals surface area (Å²) >= 11 is 0. The van der Waals surface area contributed by atoms with Crippen LogP contribution in [0.3, 0.4) is 0 Å². The van der Waals surface area contributed by atoms with Gasteiger partial charge in [0, 0.05) is 5.56 Å². The Bertz CT molecular complexity index is 403. The molecule has 3 atom stereocenters. The summed E-state index contributed by atoms with van der Waals surface area (Å²) in [6.45, 7) is 1.93. The molecule has 0 aromatic carbocycles. The fraction of sp³-hybridized carbons (Fsp3) is 0.500. The molecule has 80 valence electrons. The Morgan fingerprint density at radius 1 is 1.53 bits per heavy atom. The van der Waals surface area contributed by atoms with E-state index in [1.54, 1.807) is 0 Å². The summed E-state index contributed by atoms with van der Waals surface area (Å²) in [5, 5.41) is 22.3. The number of hydrogen-bond donors (Lipinski definition) is 2. The van der Waals surface area contributed by atoms with Gasteiger partial charge in [-0.05, 0) is 12.8 Å². The Morgan fingerprint density at radius 3 is 2.87 bits per heavy atom. The van der Waals surface area contributed by atoms with E-state index in [4.69, 9.17) is 9.26 Å². The van der Waals surface area contributed by atoms with Crippen LogP contribution in [0.15, 0.2) is 10.8 Å². The summed E-state index contributed by atoms with van der Waals surface area (Å²) in [6, 6.07) is 0. The topological polar surface area (TPSA) is 75.7 Å². The number of aliphatic hydroxyl groups is 2. The first kappa shape index (κ1) is 10.2. The molecule has 0 amide bonds. The molecule has 1 aliphatic rings. The van der Waals surface area contributed by atoms with E-state index >= 15 is 0 Å². The molecule has 1 saturated heterocycles. The van der Waals surface area contributed by atoms with Crippen LogP contribution < -0.4 is 0 Å². The van der Waals surface area contributed by atoms with Crippen molar-refractivity contribution in [1.82, 2.24) is 5.16 Å². The molecular formula is C10H11NO4. The third kappa shape index (κ3) is 2.02. The van der Waals surface area contributed by atoms with Crippen LogP contribution in [0.4, 0.5) is 0 Å². The van der Waals surface area contributed by atoms with Crippen LogP contribution >= 0.6 is 0 Å². The van der Waals surface area contributed by atoms with Crippen LogP contribution in [-0.2, 0) is 4.74 Å². The van der Waals surface area contributed by atoms with Gasteiger partial charge in [-0.1, -0.05) is 11.1 Å². The summed E-state index contributed by atoms with van der Waals surface area (Å²) in [5.41, 5.74) is 1.35. The normalized spacial score (nSPS) is 29.9. The molecule has 0 aliphatic carbocycles. The van der Waals surface area contributed by atoms with Crippen molar-refractivity contribution in [2.75, 3.05) is 6.61 Å². The SMILES string of the molecule is Cc1conc1C#CC1OCC(O)C1O. The first-order valence-corrected chi connectivity index (χ1v) is 4.58. The van der Waals surface area contributed by atoms with Crippen LogP contribution in [0.25, 0.3) is 0 Å². The van der Waals surface area contributed by atoms with Crippen LogP contribution in [0.5, 0.6) is 0 Å². The van der Waals surface area contributed by atoms with E-state index in [1.165, 1.54) is 6.26 Å². The maximum Gasteiger partial charge on any atom is 0.159 e. The number of aromatic nitrogens is 1. The number of ether oxygens (including phenoxy) is 1. The van der Waals surface area contributed by atoms with Gasteiger partial charge >= 0.3 is 0 Å². The quantitative estimate of drug-likeness (QED) is 0.561. The molecule has 1 fully saturated rings. The van der Waals surface area contributed by atoms with Gasteiger partial charge in [-0.2, -0.15) is 0 Å². The number of aliphatic hydroxyl groups excluding tert-OH is 2. The molecule has 15 heavy (non-hydrogen) atoms. The Hall–Kier alpha value is -1.35. The molecule has 2 N–H and O–H groups in total. The van der Waals surface area contributed by atoms with Crippen molar-refractivity contribution in [3.8, 4) is 11.8 Å². The van der Waals surface area contributed by atoms with E-state index < -0.39 is 18.3 Å². The molecule has 0 saturated carbocycles. The van der Waals surface area contributed by atoms with Gasteiger partial charge in [-0.25, -0.2) is 0 Å². The van der Waals surface area contributed by atoms with Gasteiger partial charge < -0.3 is 19.5 Å². The summed E-state index contributed by atoms with van der Waals surface area (Å²) in [6.07, 6.45) is -0.978. The molecule has 3 unspecified atom stereocenters. The summed E-state index contributed by atoms with van der Waals surface area (Å²) in [5.74, 6) is 5.44. The molecule has 5 heteroatoms. The van der Waals surface area contributed by atoms with E-state index in [0.29, 0.717) is 5.69 Å². The fourth-order valence-corrected chi connectivity index (χ4v) is 1.28. The lowest BCUT2D eigenvalue weighted by Gasteiger charge is -2.07. The van der Waals surface area contributed by atoms with Crippen molar-refractivity contribution in [1.29, 1.82) is 0 Å². The third-order valence-electron chi connectivity index (χ3n) is 2.23. The van der Waals surface area contributed by atoms with E-state index in [-0.39, 0.29) is 6.61 Å². The van der Waals surface area contributed by atoms with Crippen molar-refractivity contribution in [3.05, 3.63) is 17.5 Å². The van der Waals surface area contributed by atoms with Gasteiger partial charge in [0.1, 0.15) is 24.6 Å². The molecule has 1 aromatic rings. The highest BCUT2D eigenvalue weighted by atomic mass is 16.5. The molecule has 1 aromatic heterocycles. The number of aryl methyl sites for hydroxylation is 1. The molecule has 2 rings (SSSR count). The first-order valence-electron chi connectivity index (χ1n) is 4.58. The monoisotopic (exact) mass is 209 g/mol. The largest absolute Gasteiger partial charge is 0.388 e. The van der Waals surface area contributed by atoms with E-state index in [2.05, 4.69) is 17.0 Å². The highest BCUT2D eigenvalue weighted by Gasteiger charge is 2.33. The molecule has 0 radical (unpaired) electrons. The van der Waals surface area contributed by atoms with Crippen LogP contribution in [0, 0.1) is 18.8 Å². The minimum atomic E-state index is -0.954. The standard InChI is InChI=1S/C10H11NO4/c1-6-4-15-11-7(6)2-3-9-10(13)8(12)5-14-9/h4,8-10,12-13H,5H2,1H3. The Kier molecular flexibility index (Phi) is 2.73. The minimum Gasteiger partial charge on any atom is -0.388 e. The maximum atomic E-state index is 9.43. The molecule has 0 bridgehead atoms. The average Bonchev–Trinajstić information content (AvgIpc) is 2.74. The zero-order chi connectivity index (χ0) is 10.8. The van der Waals surface area contributed by atoms with Crippen molar-refractivity contribution < 1.29 is 19.5 Å². The zero-order valence-corrected chi connectivity index (χ0v) is 8.17. The van der Waals surface area contributed by atoms with Gasteiger partial charge in [0.2, 0.25) is 0 Å². The predicted molar refractivity (Wildman–Crippen MR) is 49.9 cm³/mol. The zero-order valence-electron chi connectivity index (χ0n) is 8.17. The number of hydrogen-bond acceptors (Lipinski definition) is 5. The lowest BCUT2D eigenvalue weighted by molar-refractivity contribution is 0.0447. The average molecular weight is 209 g/mol. The van der Waals surface area contributed by atoms with E-state index in [9.17, 15) is 10.2 Å². The second-order valence-electron chi connectivity index (χ2n) is 3.43. The van der Waals surface area contributed by atoms with Gasteiger partial charge in [0.15, 0.2) is 5.69 Å². The van der Waals surface area contributed by atoms with Crippen molar-refractivity contribution in [3.63, 3.8) is 0 Å². The first-order chi connectivity index (χ1) is 7.18. The summed E-state index contributed by atoms with van der Waals surface area (Å²) in [4.78, 5) is 0. The van der Waals surface area contributed by atoms with Crippen LogP contribution in [0.2, 0.25) is 0 Å². The Morgan fingerprint density at radius 2 is 2.33 bits per heavy atom. The third-order valence-corrected chi connectivity index (χ3v) is 2.23. The van der Waals surface area contributed by atoms with Crippen LogP contribution in [-0.4, -0.2) is 40.3 Å². The fourth-order valence-electron chi connectivity index (χ4n) is 1.28. The van der Waals surface area contributed by atoms with Gasteiger partial charge in [-0.15, -0.1) is 0 Å². The minimum absolute atomic E-state index is 0.109. The van der Waals surface area contributed by atoms with Crippen molar-refractivity contribution >= 4 is 0 Å². The maximum absolute atomic E-state index is 9.43. The molecule has 2 heterocycles. The molecule has 1 aliphatic heterocycles. The van der Waals surface area contributed by atoms with E-state index in [0.717, 1.165) is 5.56 Å². The number of rotatable bonds is 0. The van der Waals surface area contributed by atoms with Gasteiger partial charge in [-0.3, -0.25) is 0 Å². The smallest absolute Gasteiger partial charge is 0.159 e. The second-order valence-corrected chi connectivity index (χ2v) is 3.43. The molecule has 0 spiro atoms. The predicted octanol–water partition coefficient (Wildman–Crippen LogP) is -0.545. The van der Waals surface area contributed by atoms with Crippen molar-refractivity contribution in [2.24, 2.45) is 0 Å². The highest BCUT2D eigenvalue weighted by Crippen LogP contribution is 2.13. The van der Waals surface area contributed by atoms with Crippen LogP contribution in [0.1, 0.15) is 11.3 Å². The Labute approximate surface area is 86.6 Å². The summed E-state index contributed by atoms with van der Waals surface area (Å²) < 4.78 is 9.79. The van der Waals surface area contributed by atoms with Gasteiger partial charge in [0.05, 0.1) is 6.61 Å². The van der Waals surface area contributed by atoms with Crippen molar-refractivity contribution in [2.45, 2.75) is 25.2 Å². The molecule has 5 nitrogen and oxygen atoms in total. The Balaban J connectivity index is 2.10. The number of nitrogens with zero attached hydrogens (tertiary/aromatic N) is 1. The van der Waals surface area contributed by atoms with E-state index in [1.807, 2.05) is 6.92 Å². The lowest BCUT2D eigenvalue weighted by Crippen LogP contribution is -2.28. The molecular weight excluding hydrogens is 198 g/mol. The highest BCUT2D eigenvalue weighted by molar-refractivity contribution is 5.33. The summed E-state index contributed by atoms with van der Waals surface area (Å²) in [7, 11) is 0. The second kappa shape index (κ2) is 4.03.